The zero-order valence-corrected chi connectivity index (χ0v) is 15.4. The second-order valence-corrected chi connectivity index (χ2v) is 7.14. The summed E-state index contributed by atoms with van der Waals surface area (Å²) in [6, 6.07) is 7.12. The van der Waals surface area contributed by atoms with Crippen LogP contribution in [0.1, 0.15) is 35.7 Å². The molecule has 2 unspecified atom stereocenters. The van der Waals surface area contributed by atoms with Gasteiger partial charge in [-0.2, -0.15) is 0 Å². The summed E-state index contributed by atoms with van der Waals surface area (Å²) in [5, 5.41) is 2.97. The molecule has 24 heavy (non-hydrogen) atoms. The highest BCUT2D eigenvalue weighted by molar-refractivity contribution is 8.00. The van der Waals surface area contributed by atoms with Crippen LogP contribution >= 0.6 is 11.8 Å². The molecule has 1 aromatic rings. The highest BCUT2D eigenvalue weighted by Crippen LogP contribution is 2.32. The van der Waals surface area contributed by atoms with Crippen molar-refractivity contribution in [1.29, 1.82) is 0 Å². The molecule has 1 aromatic carbocycles. The average Bonchev–Trinajstić information content (AvgIpc) is 3.02. The summed E-state index contributed by atoms with van der Waals surface area (Å²) >= 11 is 1.68. The molecule has 1 N–H and O–H groups in total. The molecule has 6 heteroatoms. The SMILES string of the molecule is CCC1SCC(C(=O)NCCCOC)N1C(=O)c1ccc(C)cc1. The molecule has 1 aliphatic rings. The van der Waals surface area contributed by atoms with E-state index < -0.39 is 6.04 Å². The first kappa shape index (κ1) is 18.8. The Labute approximate surface area is 148 Å². The van der Waals surface area contributed by atoms with Crippen LogP contribution in [-0.4, -0.2) is 54.1 Å². The monoisotopic (exact) mass is 350 g/mol. The maximum Gasteiger partial charge on any atom is 0.255 e. The molecule has 2 rings (SSSR count). The minimum absolute atomic E-state index is 0.0496. The van der Waals surface area contributed by atoms with Crippen molar-refractivity contribution in [3.63, 3.8) is 0 Å². The predicted molar refractivity (Wildman–Crippen MR) is 97.2 cm³/mol. The number of aryl methyl sites for hydroxylation is 1. The van der Waals surface area contributed by atoms with E-state index in [1.165, 1.54) is 0 Å². The normalized spacial score (nSPS) is 20.2. The van der Waals surface area contributed by atoms with Crippen LogP contribution in [0.5, 0.6) is 0 Å². The van der Waals surface area contributed by atoms with Crippen LogP contribution in [0.25, 0.3) is 0 Å². The number of carbonyl (C=O) groups excluding carboxylic acids is 2. The van der Waals surface area contributed by atoms with E-state index in [1.54, 1.807) is 23.8 Å². The number of hydrogen-bond acceptors (Lipinski definition) is 4. The molecule has 5 nitrogen and oxygen atoms in total. The van der Waals surface area contributed by atoms with Crippen molar-refractivity contribution in [3.05, 3.63) is 35.4 Å². The lowest BCUT2D eigenvalue weighted by Gasteiger charge is -2.28. The lowest BCUT2D eigenvalue weighted by molar-refractivity contribution is -0.124. The van der Waals surface area contributed by atoms with Crippen molar-refractivity contribution in [2.45, 2.75) is 38.1 Å². The molecular formula is C18H26N2O3S. The zero-order valence-electron chi connectivity index (χ0n) is 14.6. The van der Waals surface area contributed by atoms with Crippen molar-refractivity contribution < 1.29 is 14.3 Å². The molecular weight excluding hydrogens is 324 g/mol. The number of nitrogens with one attached hydrogen (secondary N) is 1. The van der Waals surface area contributed by atoms with Gasteiger partial charge < -0.3 is 15.0 Å². The third-order valence-electron chi connectivity index (χ3n) is 4.10. The fraction of sp³-hybridized carbons (Fsp3) is 0.556. The third kappa shape index (κ3) is 4.51. The lowest BCUT2D eigenvalue weighted by atomic mass is 10.1. The van der Waals surface area contributed by atoms with E-state index >= 15 is 0 Å². The van der Waals surface area contributed by atoms with Gasteiger partial charge in [-0.25, -0.2) is 0 Å². The van der Waals surface area contributed by atoms with Crippen molar-refractivity contribution in [2.75, 3.05) is 26.0 Å². The van der Waals surface area contributed by atoms with Gasteiger partial charge in [0.2, 0.25) is 5.91 Å². The predicted octanol–water partition coefficient (Wildman–Crippen LogP) is 2.44. The van der Waals surface area contributed by atoms with E-state index in [-0.39, 0.29) is 17.2 Å². The maximum atomic E-state index is 12.9. The molecule has 0 radical (unpaired) electrons. The Morgan fingerprint density at radius 3 is 2.67 bits per heavy atom. The lowest BCUT2D eigenvalue weighted by Crippen LogP contribution is -2.50. The molecule has 1 heterocycles. The van der Waals surface area contributed by atoms with E-state index in [1.807, 2.05) is 38.1 Å². The highest BCUT2D eigenvalue weighted by atomic mass is 32.2. The van der Waals surface area contributed by atoms with Gasteiger partial charge >= 0.3 is 0 Å². The molecule has 0 aliphatic carbocycles. The summed E-state index contributed by atoms with van der Waals surface area (Å²) in [4.78, 5) is 27.2. The Hall–Kier alpha value is -1.53. The summed E-state index contributed by atoms with van der Waals surface area (Å²) in [5.41, 5.74) is 1.75. The van der Waals surface area contributed by atoms with Gasteiger partial charge in [-0.1, -0.05) is 24.6 Å². The number of methoxy groups -OCH3 is 1. The topological polar surface area (TPSA) is 58.6 Å². The standard InChI is InChI=1S/C18H26N2O3S/c1-4-16-20(18(22)14-8-6-13(2)7-9-14)15(12-24-16)17(21)19-10-5-11-23-3/h6-9,15-16H,4-5,10-12H2,1-3H3,(H,19,21). The number of rotatable bonds is 7. The molecule has 0 bridgehead atoms. The van der Waals surface area contributed by atoms with Crippen LogP contribution in [0, 0.1) is 6.92 Å². The second-order valence-electron chi connectivity index (χ2n) is 5.93. The fourth-order valence-electron chi connectivity index (χ4n) is 2.74. The van der Waals surface area contributed by atoms with Crippen molar-refractivity contribution in [3.8, 4) is 0 Å². The van der Waals surface area contributed by atoms with Gasteiger partial charge in [0, 0.05) is 31.6 Å². The smallest absolute Gasteiger partial charge is 0.255 e. The van der Waals surface area contributed by atoms with Gasteiger partial charge in [-0.15, -0.1) is 11.8 Å². The van der Waals surface area contributed by atoms with Gasteiger partial charge in [0.25, 0.3) is 5.91 Å². The molecule has 0 saturated carbocycles. The molecule has 2 amide bonds. The van der Waals surface area contributed by atoms with Crippen molar-refractivity contribution >= 4 is 23.6 Å². The molecule has 1 saturated heterocycles. The maximum absolute atomic E-state index is 12.9. The first-order valence-electron chi connectivity index (χ1n) is 8.36. The summed E-state index contributed by atoms with van der Waals surface area (Å²) in [5.74, 6) is 0.505. The summed E-state index contributed by atoms with van der Waals surface area (Å²) in [6.07, 6.45) is 1.60. The Morgan fingerprint density at radius 2 is 2.04 bits per heavy atom. The van der Waals surface area contributed by atoms with Crippen LogP contribution in [0.4, 0.5) is 0 Å². The van der Waals surface area contributed by atoms with Crippen LogP contribution in [0.15, 0.2) is 24.3 Å². The first-order chi connectivity index (χ1) is 11.6. The Kier molecular flexibility index (Phi) is 7.12. The van der Waals surface area contributed by atoms with Gasteiger partial charge in [-0.05, 0) is 31.9 Å². The number of nitrogens with zero attached hydrogens (tertiary/aromatic N) is 1. The minimum Gasteiger partial charge on any atom is -0.385 e. The van der Waals surface area contributed by atoms with E-state index in [9.17, 15) is 9.59 Å². The van der Waals surface area contributed by atoms with Crippen LogP contribution in [-0.2, 0) is 9.53 Å². The summed E-state index contributed by atoms with van der Waals surface area (Å²) in [6.45, 7) is 5.22. The minimum atomic E-state index is -0.406. The molecule has 1 fully saturated rings. The highest BCUT2D eigenvalue weighted by Gasteiger charge is 2.40. The molecule has 1 aliphatic heterocycles. The van der Waals surface area contributed by atoms with Gasteiger partial charge in [0.15, 0.2) is 0 Å². The second kappa shape index (κ2) is 9.08. The van der Waals surface area contributed by atoms with Gasteiger partial charge in [-0.3, -0.25) is 9.59 Å². The van der Waals surface area contributed by atoms with Gasteiger partial charge in [0.05, 0.1) is 5.37 Å². The third-order valence-corrected chi connectivity index (χ3v) is 5.56. The van der Waals surface area contributed by atoms with Gasteiger partial charge in [0.1, 0.15) is 6.04 Å². The first-order valence-corrected chi connectivity index (χ1v) is 9.41. The summed E-state index contributed by atoms with van der Waals surface area (Å²) in [7, 11) is 1.64. The van der Waals surface area contributed by atoms with Crippen LogP contribution < -0.4 is 5.32 Å². The quantitative estimate of drug-likeness (QED) is 0.768. The van der Waals surface area contributed by atoms with E-state index in [4.69, 9.17) is 4.74 Å². The summed E-state index contributed by atoms with van der Waals surface area (Å²) < 4.78 is 4.99. The number of benzene rings is 1. The van der Waals surface area contributed by atoms with Crippen molar-refractivity contribution in [1.82, 2.24) is 10.2 Å². The number of amides is 2. The number of thioether (sulfide) groups is 1. The fourth-order valence-corrected chi connectivity index (χ4v) is 4.10. The molecule has 0 spiro atoms. The van der Waals surface area contributed by atoms with Crippen LogP contribution in [0.2, 0.25) is 0 Å². The van der Waals surface area contributed by atoms with Crippen LogP contribution in [0.3, 0.4) is 0 Å². The Balaban J connectivity index is 2.08. The molecule has 0 aromatic heterocycles. The van der Waals surface area contributed by atoms with E-state index in [2.05, 4.69) is 5.32 Å². The Morgan fingerprint density at radius 1 is 1.33 bits per heavy atom. The number of ether oxygens (including phenoxy) is 1. The zero-order chi connectivity index (χ0) is 17.5. The van der Waals surface area contributed by atoms with E-state index in [0.717, 1.165) is 18.4 Å². The Bertz CT molecular complexity index is 562. The van der Waals surface area contributed by atoms with Crippen molar-refractivity contribution in [2.24, 2.45) is 0 Å². The number of carbonyl (C=O) groups is 2. The number of hydrogen-bond donors (Lipinski definition) is 1. The molecule has 132 valence electrons. The largest absolute Gasteiger partial charge is 0.385 e. The van der Waals surface area contributed by atoms with E-state index in [0.29, 0.717) is 24.5 Å². The molecule has 2 atom stereocenters. The average molecular weight is 350 g/mol.